The second kappa shape index (κ2) is 39.1. The van der Waals surface area contributed by atoms with E-state index in [9.17, 15) is 0 Å². The molecular weight excluding hydrogens is 710 g/mol. The molecule has 0 saturated heterocycles. The number of halogens is 1. The fourth-order valence-corrected chi connectivity index (χ4v) is 6.29. The van der Waals surface area contributed by atoms with Crippen molar-refractivity contribution in [2.75, 3.05) is 27.2 Å². The molecule has 276 valence electrons. The third-order valence-electron chi connectivity index (χ3n) is 9.23. The number of rotatable bonds is 34. The standard InChI is InChI=1S/C38H80N.BrH.Mo.2H2O.2O/c1-5-7-9-11-13-15-17-19-21-23-25-27-29-31-33-35-37-39(3,4)38-36-34-32-30-28-26-24-22-20-18-16-14-12-10-8-6-2;;;;;;/h5-38H2,1-4H3;1H;;2*1H2;;/q+1;;+2;;;;/p-3. The Morgan fingerprint density at radius 1 is 0.356 bits per heavy atom. The van der Waals surface area contributed by atoms with Crippen molar-refractivity contribution in [3.63, 3.8) is 0 Å². The molecule has 0 spiro atoms. The van der Waals surface area contributed by atoms with E-state index in [1.54, 1.807) is 0 Å². The van der Waals surface area contributed by atoms with E-state index in [0.29, 0.717) is 0 Å². The summed E-state index contributed by atoms with van der Waals surface area (Å²) in [6, 6.07) is 0. The Morgan fingerprint density at radius 3 is 0.644 bits per heavy atom. The van der Waals surface area contributed by atoms with E-state index < -0.39 is 16.7 Å². The normalized spacial score (nSPS) is 11.7. The van der Waals surface area contributed by atoms with Gasteiger partial charge in [0, 0.05) is 0 Å². The first-order valence-electron chi connectivity index (χ1n) is 19.6. The van der Waals surface area contributed by atoms with E-state index in [0.717, 1.165) is 0 Å². The Morgan fingerprint density at radius 2 is 0.489 bits per heavy atom. The Kier molecular flexibility index (Phi) is 43.5. The van der Waals surface area contributed by atoms with E-state index in [1.165, 1.54) is 223 Å². The monoisotopic (exact) mass is 793 g/mol. The van der Waals surface area contributed by atoms with Crippen LogP contribution in [0.1, 0.15) is 219 Å². The van der Waals surface area contributed by atoms with Crippen molar-refractivity contribution in [3.05, 3.63) is 0 Å². The Hall–Kier alpha value is 0.648. The van der Waals surface area contributed by atoms with Crippen molar-refractivity contribution in [1.29, 1.82) is 0 Å². The maximum absolute atomic E-state index is 8.85. The van der Waals surface area contributed by atoms with Gasteiger partial charge < -0.3 is 21.5 Å². The molecule has 0 amide bonds. The third kappa shape index (κ3) is 54.4. The van der Waals surface area contributed by atoms with E-state index in [4.69, 9.17) is 14.3 Å². The second-order valence-electron chi connectivity index (χ2n) is 14.4. The SMILES string of the molecule is CCCCCCCCCCCCCCCCCC[N+](C)(C)CCCCCCCCCCCCCCCCCC.[Br-].[O]=[Mo](=[O])([OH])[OH]. The predicted octanol–water partition coefficient (Wildman–Crippen LogP) is 9.24. The fourth-order valence-electron chi connectivity index (χ4n) is 6.29. The average Bonchev–Trinajstić information content (AvgIpc) is 2.96. The molecule has 0 rings (SSSR count). The van der Waals surface area contributed by atoms with E-state index in [2.05, 4.69) is 27.9 Å². The molecule has 5 nitrogen and oxygen atoms in total. The van der Waals surface area contributed by atoms with Crippen molar-refractivity contribution in [2.24, 2.45) is 0 Å². The summed E-state index contributed by atoms with van der Waals surface area (Å²) in [4.78, 5) is 0. The summed E-state index contributed by atoms with van der Waals surface area (Å²) in [5, 5.41) is 0. The molecule has 0 saturated carbocycles. The molecule has 0 aromatic carbocycles. The van der Waals surface area contributed by atoms with Crippen LogP contribution in [0, 0.1) is 0 Å². The van der Waals surface area contributed by atoms with Gasteiger partial charge in [-0.25, -0.2) is 0 Å². The second-order valence-corrected chi connectivity index (χ2v) is 16.6. The van der Waals surface area contributed by atoms with Gasteiger partial charge in [-0.05, 0) is 25.7 Å². The van der Waals surface area contributed by atoms with Crippen LogP contribution in [0.15, 0.2) is 0 Å². The number of unbranched alkanes of at least 4 members (excludes halogenated alkanes) is 30. The first-order valence-corrected chi connectivity index (χ1v) is 23.1. The minimum absolute atomic E-state index is 0. The van der Waals surface area contributed by atoms with Gasteiger partial charge in [-0.3, -0.25) is 0 Å². The number of quaternary nitrogens is 1. The topological polar surface area (TPSA) is 74.6 Å². The van der Waals surface area contributed by atoms with Gasteiger partial charge in [-0.1, -0.05) is 194 Å². The van der Waals surface area contributed by atoms with Crippen LogP contribution in [-0.4, -0.2) is 39.2 Å². The third-order valence-corrected chi connectivity index (χ3v) is 9.23. The molecule has 45 heavy (non-hydrogen) atoms. The molecule has 0 unspecified atom stereocenters. The zero-order chi connectivity index (χ0) is 33.0. The van der Waals surface area contributed by atoms with Gasteiger partial charge in [0.2, 0.25) is 0 Å². The van der Waals surface area contributed by atoms with E-state index in [1.807, 2.05) is 0 Å². The Balaban J connectivity index is -0.00000270. The molecule has 0 aliphatic heterocycles. The molecule has 0 atom stereocenters. The fraction of sp³-hybridized carbons (Fsp3) is 1.00. The summed E-state index contributed by atoms with van der Waals surface area (Å²) in [6.07, 6.45) is 46.9. The zero-order valence-corrected chi connectivity index (χ0v) is 34.6. The summed E-state index contributed by atoms with van der Waals surface area (Å²) in [7, 11) is 4.94. The van der Waals surface area contributed by atoms with Crippen LogP contribution in [-0.2, 0) is 23.5 Å². The Labute approximate surface area is 297 Å². The van der Waals surface area contributed by atoms with E-state index >= 15 is 0 Å². The molecule has 0 radical (unpaired) electrons. The van der Waals surface area contributed by atoms with Crippen molar-refractivity contribution in [2.45, 2.75) is 219 Å². The minimum atomic E-state index is -5.52. The van der Waals surface area contributed by atoms with Gasteiger partial charge in [0.1, 0.15) is 0 Å². The van der Waals surface area contributed by atoms with Crippen LogP contribution < -0.4 is 17.0 Å². The van der Waals surface area contributed by atoms with Crippen molar-refractivity contribution >= 4 is 0 Å². The number of hydrogen-bond acceptors (Lipinski definition) is 2. The van der Waals surface area contributed by atoms with E-state index in [-0.39, 0.29) is 17.0 Å². The summed E-state index contributed by atoms with van der Waals surface area (Å²) in [6.45, 7) is 7.39. The zero-order valence-electron chi connectivity index (χ0n) is 31.0. The van der Waals surface area contributed by atoms with Crippen molar-refractivity contribution in [1.82, 2.24) is 0 Å². The van der Waals surface area contributed by atoms with Crippen LogP contribution in [0.3, 0.4) is 0 Å². The van der Waals surface area contributed by atoms with Crippen LogP contribution in [0.25, 0.3) is 0 Å². The molecule has 0 aliphatic carbocycles. The van der Waals surface area contributed by atoms with Crippen molar-refractivity contribution < 1.29 is 52.5 Å². The molecule has 0 aromatic heterocycles. The van der Waals surface area contributed by atoms with Gasteiger partial charge in [0.15, 0.2) is 0 Å². The summed E-state index contributed by atoms with van der Waals surface area (Å²) in [5.41, 5.74) is 0. The van der Waals surface area contributed by atoms with Crippen LogP contribution in [0.4, 0.5) is 0 Å². The quantitative estimate of drug-likeness (QED) is 0.0388. The summed E-state index contributed by atoms with van der Waals surface area (Å²) >= 11 is -5.52. The first kappa shape index (κ1) is 50.0. The molecule has 7 heteroatoms. The van der Waals surface area contributed by atoms with Gasteiger partial charge >= 0.3 is 31.1 Å². The van der Waals surface area contributed by atoms with Crippen LogP contribution >= 0.6 is 0 Å². The molecule has 0 heterocycles. The Bertz CT molecular complexity index is 600. The summed E-state index contributed by atoms with van der Waals surface area (Å²) < 4.78 is 33.3. The van der Waals surface area contributed by atoms with Crippen LogP contribution in [0.2, 0.25) is 0 Å². The molecule has 0 bridgehead atoms. The molecule has 0 aromatic rings. The molecule has 0 aliphatic rings. The van der Waals surface area contributed by atoms with Gasteiger partial charge in [0.25, 0.3) is 0 Å². The number of hydrogen-bond donors (Lipinski definition) is 2. The van der Waals surface area contributed by atoms with Gasteiger partial charge in [-0.15, -0.1) is 0 Å². The molecular formula is C38H82BrMoNO4. The predicted molar refractivity (Wildman–Crippen MR) is 187 cm³/mol. The van der Waals surface area contributed by atoms with Crippen molar-refractivity contribution in [3.8, 4) is 0 Å². The first-order chi connectivity index (χ1) is 21.1. The maximum atomic E-state index is 8.85. The van der Waals surface area contributed by atoms with Crippen LogP contribution in [0.5, 0.6) is 0 Å². The number of nitrogens with zero attached hydrogens (tertiary/aromatic N) is 1. The molecule has 2 N–H and O–H groups in total. The van der Waals surface area contributed by atoms with Gasteiger partial charge in [0.05, 0.1) is 27.2 Å². The summed E-state index contributed by atoms with van der Waals surface area (Å²) in [5.74, 6) is 0. The molecule has 0 fully saturated rings. The van der Waals surface area contributed by atoms with Gasteiger partial charge in [-0.2, -0.15) is 0 Å². The average molecular weight is 793 g/mol.